The van der Waals surface area contributed by atoms with Gasteiger partial charge in [-0.25, -0.2) is 4.57 Å². The Balaban J connectivity index is 1.52. The first kappa shape index (κ1) is 49.5. The first-order chi connectivity index (χ1) is 33.8. The summed E-state index contributed by atoms with van der Waals surface area (Å²) in [4.78, 5) is 12.5. The van der Waals surface area contributed by atoms with Crippen LogP contribution in [0.1, 0.15) is 163 Å². The predicted octanol–water partition coefficient (Wildman–Crippen LogP) is 20.2. The maximum absolute atomic E-state index is 15.3. The summed E-state index contributed by atoms with van der Waals surface area (Å²) in [5.41, 5.74) is 18.6. The molecule has 0 aliphatic carbocycles. The molecule has 0 atom stereocenters. The fourth-order valence-electron chi connectivity index (χ4n) is 10.6. The molecular formula is C66H69O4P. The van der Waals surface area contributed by atoms with Gasteiger partial charge >= 0.3 is 7.82 Å². The van der Waals surface area contributed by atoms with Crippen molar-refractivity contribution in [2.45, 2.75) is 119 Å². The molecule has 8 aromatic carbocycles. The van der Waals surface area contributed by atoms with E-state index in [1.807, 2.05) is 12.2 Å². The van der Waals surface area contributed by atoms with E-state index in [2.05, 4.69) is 218 Å². The lowest BCUT2D eigenvalue weighted by Gasteiger charge is -2.26. The van der Waals surface area contributed by atoms with Crippen molar-refractivity contribution in [3.63, 3.8) is 0 Å². The summed E-state index contributed by atoms with van der Waals surface area (Å²) in [7, 11) is -4.90. The zero-order chi connectivity index (χ0) is 50.8. The lowest BCUT2D eigenvalue weighted by molar-refractivity contribution is 0.295. The van der Waals surface area contributed by atoms with Crippen molar-refractivity contribution in [1.82, 2.24) is 0 Å². The van der Waals surface area contributed by atoms with Gasteiger partial charge < -0.3 is 9.05 Å². The van der Waals surface area contributed by atoms with Crippen LogP contribution < -0.4 is 9.05 Å². The van der Waals surface area contributed by atoms with E-state index in [-0.39, 0.29) is 23.7 Å². The molecule has 0 unspecified atom stereocenters. The smallest absolute Gasteiger partial charge is 0.394 e. The zero-order valence-corrected chi connectivity index (χ0v) is 44.6. The third-order valence-corrected chi connectivity index (χ3v) is 15.4. The van der Waals surface area contributed by atoms with E-state index in [4.69, 9.17) is 9.05 Å². The van der Waals surface area contributed by atoms with Crippen molar-refractivity contribution >= 4 is 41.5 Å². The molecule has 0 spiro atoms. The first-order valence-corrected chi connectivity index (χ1v) is 27.0. The summed E-state index contributed by atoms with van der Waals surface area (Å²) in [6.45, 7) is 34.8. The SMILES string of the molecule is C=Cc1ccc(-c2ccc3c4c(c(-c5c(C(C)C)cc(C(C)C)cc5C(C)C)cc3c2)OP(=O)(O)Oc2c(-c3c(C(C)C)cc(C(C)C)cc3C(C)C)cc3cc(-c5ccc(C=C)cc5)ccc3c2-4)cc1. The van der Waals surface area contributed by atoms with Gasteiger partial charge in [0.15, 0.2) is 0 Å². The van der Waals surface area contributed by atoms with Gasteiger partial charge in [-0.15, -0.1) is 0 Å². The molecule has 0 bridgehead atoms. The molecule has 0 amide bonds. The average molecular weight is 957 g/mol. The van der Waals surface area contributed by atoms with Crippen molar-refractivity contribution in [3.05, 3.63) is 179 Å². The first-order valence-electron chi connectivity index (χ1n) is 25.5. The van der Waals surface area contributed by atoms with Gasteiger partial charge in [0.2, 0.25) is 0 Å². The second-order valence-electron chi connectivity index (χ2n) is 21.5. The quantitative estimate of drug-likeness (QED) is 0.124. The van der Waals surface area contributed by atoms with Crippen LogP contribution in [0.4, 0.5) is 0 Å². The minimum atomic E-state index is -4.90. The minimum absolute atomic E-state index is 0.127. The zero-order valence-electron chi connectivity index (χ0n) is 43.7. The van der Waals surface area contributed by atoms with Crippen LogP contribution in [0.25, 0.3) is 89.3 Å². The molecule has 1 N–H and O–H groups in total. The number of phosphoric acid groups is 1. The molecule has 0 saturated carbocycles. The van der Waals surface area contributed by atoms with Crippen molar-refractivity contribution in [1.29, 1.82) is 0 Å². The number of hydrogen-bond acceptors (Lipinski definition) is 3. The fraction of sp³-hybridized carbons (Fsp3) is 0.273. The van der Waals surface area contributed by atoms with Gasteiger partial charge in [0.1, 0.15) is 11.5 Å². The molecule has 0 aromatic heterocycles. The van der Waals surface area contributed by atoms with Crippen LogP contribution in [-0.4, -0.2) is 4.89 Å². The summed E-state index contributed by atoms with van der Waals surface area (Å²) in [6, 6.07) is 43.8. The molecule has 9 rings (SSSR count). The number of rotatable bonds is 12. The molecule has 0 fully saturated rings. The Morgan fingerprint density at radius 1 is 0.408 bits per heavy atom. The topological polar surface area (TPSA) is 55.8 Å². The van der Waals surface area contributed by atoms with Gasteiger partial charge in [-0.1, -0.05) is 205 Å². The molecule has 0 saturated heterocycles. The molecule has 1 heterocycles. The summed E-state index contributed by atoms with van der Waals surface area (Å²) < 4.78 is 28.7. The third kappa shape index (κ3) is 9.22. The van der Waals surface area contributed by atoms with Crippen molar-refractivity contribution in [3.8, 4) is 67.1 Å². The largest absolute Gasteiger partial charge is 0.584 e. The van der Waals surface area contributed by atoms with E-state index in [1.165, 1.54) is 33.4 Å². The van der Waals surface area contributed by atoms with Crippen LogP contribution >= 0.6 is 7.82 Å². The molecule has 1 aliphatic rings. The molecule has 71 heavy (non-hydrogen) atoms. The van der Waals surface area contributed by atoms with E-state index in [1.54, 1.807) is 0 Å². The average Bonchev–Trinajstić information content (AvgIpc) is 3.47. The van der Waals surface area contributed by atoms with E-state index >= 15 is 4.57 Å². The lowest BCUT2D eigenvalue weighted by atomic mass is 9.78. The van der Waals surface area contributed by atoms with Crippen LogP contribution in [-0.2, 0) is 4.57 Å². The Labute approximate surface area is 422 Å². The maximum atomic E-state index is 15.3. The van der Waals surface area contributed by atoms with Gasteiger partial charge in [0, 0.05) is 22.3 Å². The van der Waals surface area contributed by atoms with E-state index in [9.17, 15) is 4.89 Å². The Bertz CT molecular complexity index is 3150. The molecule has 8 aromatic rings. The highest BCUT2D eigenvalue weighted by molar-refractivity contribution is 7.48. The van der Waals surface area contributed by atoms with Crippen LogP contribution in [0.15, 0.2) is 134 Å². The van der Waals surface area contributed by atoms with Crippen molar-refractivity contribution in [2.75, 3.05) is 0 Å². The van der Waals surface area contributed by atoms with Crippen LogP contribution in [0.2, 0.25) is 0 Å². The van der Waals surface area contributed by atoms with Gasteiger partial charge in [-0.2, -0.15) is 0 Å². The number of fused-ring (bicyclic) bond motifs is 7. The third-order valence-electron chi connectivity index (χ3n) is 14.6. The van der Waals surface area contributed by atoms with Crippen molar-refractivity contribution in [2.24, 2.45) is 0 Å². The summed E-state index contributed by atoms with van der Waals surface area (Å²) in [5.74, 6) is 1.79. The number of phosphoric ester groups is 1. The minimum Gasteiger partial charge on any atom is -0.394 e. The second-order valence-corrected chi connectivity index (χ2v) is 22.8. The summed E-state index contributed by atoms with van der Waals surface area (Å²) in [5, 5.41) is 3.75. The Kier molecular flexibility index (Phi) is 13.5. The molecular weight excluding hydrogens is 888 g/mol. The highest BCUT2D eigenvalue weighted by Crippen LogP contribution is 2.63. The summed E-state index contributed by atoms with van der Waals surface area (Å²) >= 11 is 0. The van der Waals surface area contributed by atoms with Crippen molar-refractivity contribution < 1.29 is 18.5 Å². The maximum Gasteiger partial charge on any atom is 0.584 e. The monoisotopic (exact) mass is 956 g/mol. The Hall–Kier alpha value is -6.45. The van der Waals surface area contributed by atoms with Gasteiger partial charge in [0.05, 0.1) is 0 Å². The normalized spacial score (nSPS) is 13.3. The van der Waals surface area contributed by atoms with Crippen LogP contribution in [0.5, 0.6) is 11.5 Å². The fourth-order valence-corrected chi connectivity index (χ4v) is 11.5. The second kappa shape index (κ2) is 19.3. The summed E-state index contributed by atoms with van der Waals surface area (Å²) in [6.07, 6.45) is 3.72. The standard InChI is InChI=1S/C66H69O4P/c1-15-43-17-21-45(22-18-43)47-25-27-53-51(29-47)35-59(61-55(39(7)8)31-49(37(3)4)32-56(61)40(9)10)65-63(53)64-54-28-26-48(46-23-19-44(16-2)20-24-46)30-52(54)36-60(66(64)70-71(67,68)69-65)62-57(41(11)12)33-50(38(5)6)34-58(62)42(13)14/h15-42H,1-2H2,3-14H3,(H,67,68). The van der Waals surface area contributed by atoms with Crippen LogP contribution in [0, 0.1) is 0 Å². The molecule has 4 nitrogen and oxygen atoms in total. The van der Waals surface area contributed by atoms with E-state index < -0.39 is 7.82 Å². The van der Waals surface area contributed by atoms with Gasteiger partial charge in [-0.3, -0.25) is 4.89 Å². The van der Waals surface area contributed by atoms with E-state index in [0.29, 0.717) is 23.3 Å². The Morgan fingerprint density at radius 2 is 0.718 bits per heavy atom. The molecule has 0 radical (unpaired) electrons. The number of benzene rings is 8. The predicted molar refractivity (Wildman–Crippen MR) is 304 cm³/mol. The molecule has 5 heteroatoms. The van der Waals surface area contributed by atoms with Gasteiger partial charge in [-0.05, 0) is 159 Å². The van der Waals surface area contributed by atoms with E-state index in [0.717, 1.165) is 88.3 Å². The highest BCUT2D eigenvalue weighted by Gasteiger charge is 2.39. The molecule has 362 valence electrons. The Morgan fingerprint density at radius 3 is 1.00 bits per heavy atom. The lowest BCUT2D eigenvalue weighted by Crippen LogP contribution is -2.06. The van der Waals surface area contributed by atoms with Gasteiger partial charge in [0.25, 0.3) is 0 Å². The highest BCUT2D eigenvalue weighted by atomic mass is 31.2. The molecule has 1 aliphatic heterocycles. The van der Waals surface area contributed by atoms with Crippen LogP contribution in [0.3, 0.4) is 0 Å². The number of hydrogen-bond donors (Lipinski definition) is 1.